The van der Waals surface area contributed by atoms with E-state index in [4.69, 9.17) is 0 Å². The summed E-state index contributed by atoms with van der Waals surface area (Å²) in [6.45, 7) is 12.4. The third kappa shape index (κ3) is 1.88. The number of hydrogen-bond acceptors (Lipinski definition) is 2. The number of rotatable bonds is 1. The molecule has 0 spiro atoms. The lowest BCUT2D eigenvalue weighted by atomic mass is 9.52. The Morgan fingerprint density at radius 1 is 1.41 bits per heavy atom. The lowest BCUT2D eigenvalue weighted by molar-refractivity contribution is -0.0866. The van der Waals surface area contributed by atoms with Gasteiger partial charge in [0.15, 0.2) is 0 Å². The summed E-state index contributed by atoms with van der Waals surface area (Å²) in [6.07, 6.45) is 2.72. The van der Waals surface area contributed by atoms with Gasteiger partial charge >= 0.3 is 0 Å². The first-order valence-electron chi connectivity index (χ1n) is 6.58. The lowest BCUT2D eigenvalue weighted by Crippen LogP contribution is -2.53. The molecule has 2 heteroatoms. The molecule has 0 aliphatic heterocycles. The maximum Gasteiger partial charge on any atom is 0.0775 e. The van der Waals surface area contributed by atoms with E-state index in [2.05, 4.69) is 27.0 Å². The first kappa shape index (κ1) is 12.8. The van der Waals surface area contributed by atoms with Gasteiger partial charge in [0.25, 0.3) is 0 Å². The van der Waals surface area contributed by atoms with E-state index >= 15 is 0 Å². The Morgan fingerprint density at radius 2 is 2.06 bits per heavy atom. The van der Waals surface area contributed by atoms with Crippen LogP contribution < -0.4 is 0 Å². The molecule has 0 aromatic heterocycles. The molecule has 2 saturated carbocycles. The van der Waals surface area contributed by atoms with E-state index < -0.39 is 12.2 Å². The minimum absolute atomic E-state index is 0.127. The molecule has 0 bridgehead atoms. The molecule has 0 amide bonds. The van der Waals surface area contributed by atoms with E-state index in [0.717, 1.165) is 30.4 Å². The molecule has 0 heterocycles. The average molecular weight is 236 g/mol. The van der Waals surface area contributed by atoms with E-state index in [1.165, 1.54) is 0 Å². The van der Waals surface area contributed by atoms with Gasteiger partial charge in [-0.15, -0.1) is 0 Å². The molecular weight excluding hydrogens is 212 g/mol. The summed E-state index contributed by atoms with van der Waals surface area (Å²) >= 11 is 0. The molecule has 2 nitrogen and oxygen atoms in total. The van der Waals surface area contributed by atoms with Crippen molar-refractivity contribution in [2.45, 2.75) is 51.7 Å². The van der Waals surface area contributed by atoms with E-state index in [0.29, 0.717) is 12.3 Å². The van der Waals surface area contributed by atoms with Crippen molar-refractivity contribution in [1.82, 2.24) is 0 Å². The average Bonchev–Trinajstić information content (AvgIpc) is 2.25. The van der Waals surface area contributed by atoms with Crippen molar-refractivity contribution in [3.8, 4) is 0 Å². The molecule has 0 saturated heterocycles. The SMILES string of the molecule is C=C(C)[C@H]1CCC[C@@]2(C)C1C(=C)[C@@H](O)C[C@@H]2O. The van der Waals surface area contributed by atoms with Crippen molar-refractivity contribution >= 4 is 0 Å². The molecule has 2 aliphatic carbocycles. The number of aliphatic hydroxyl groups excluding tert-OH is 2. The largest absolute Gasteiger partial charge is 0.392 e. The Kier molecular flexibility index (Phi) is 3.21. The molecule has 2 aliphatic rings. The van der Waals surface area contributed by atoms with Crippen LogP contribution in [0.5, 0.6) is 0 Å². The first-order chi connectivity index (χ1) is 7.88. The van der Waals surface area contributed by atoms with Crippen LogP contribution in [0.3, 0.4) is 0 Å². The Balaban J connectivity index is 2.39. The lowest BCUT2D eigenvalue weighted by Gasteiger charge is -2.54. The Morgan fingerprint density at radius 3 is 2.65 bits per heavy atom. The minimum atomic E-state index is -0.553. The topological polar surface area (TPSA) is 40.5 Å². The van der Waals surface area contributed by atoms with Gasteiger partial charge in [-0.2, -0.15) is 0 Å². The number of hydrogen-bond donors (Lipinski definition) is 2. The van der Waals surface area contributed by atoms with Gasteiger partial charge in [-0.1, -0.05) is 32.1 Å². The Hall–Kier alpha value is -0.600. The van der Waals surface area contributed by atoms with Gasteiger partial charge in [-0.05, 0) is 37.2 Å². The van der Waals surface area contributed by atoms with Gasteiger partial charge in [0.05, 0.1) is 12.2 Å². The molecule has 0 aromatic rings. The zero-order valence-electron chi connectivity index (χ0n) is 10.9. The zero-order chi connectivity index (χ0) is 12.8. The van der Waals surface area contributed by atoms with Crippen LogP contribution in [0.2, 0.25) is 0 Å². The van der Waals surface area contributed by atoms with Gasteiger partial charge in [0.2, 0.25) is 0 Å². The van der Waals surface area contributed by atoms with Gasteiger partial charge in [-0.25, -0.2) is 0 Å². The summed E-state index contributed by atoms with van der Waals surface area (Å²) in [4.78, 5) is 0. The van der Waals surface area contributed by atoms with Gasteiger partial charge in [-0.3, -0.25) is 0 Å². The standard InChI is InChI=1S/C15H24O2/c1-9(2)11-6-5-7-15(4)13(17)8-12(16)10(3)14(11)15/h11-14,16-17H,1,3,5-8H2,2,4H3/t11-,12+,13+,14?,15-/m1/s1. The summed E-state index contributed by atoms with van der Waals surface area (Å²) < 4.78 is 0. The molecule has 0 radical (unpaired) electrons. The number of aliphatic hydroxyl groups is 2. The second-order valence-electron chi connectivity index (χ2n) is 6.17. The summed E-state index contributed by atoms with van der Waals surface area (Å²) in [5.74, 6) is 0.554. The second kappa shape index (κ2) is 4.25. The predicted molar refractivity (Wildman–Crippen MR) is 69.5 cm³/mol. The van der Waals surface area contributed by atoms with E-state index in [1.807, 2.05) is 0 Å². The molecule has 2 fully saturated rings. The predicted octanol–water partition coefficient (Wildman–Crippen LogP) is 2.67. The van der Waals surface area contributed by atoms with E-state index in [1.54, 1.807) is 0 Å². The summed E-state index contributed by atoms with van der Waals surface area (Å²) in [7, 11) is 0. The maximum atomic E-state index is 10.3. The van der Waals surface area contributed by atoms with Gasteiger partial charge < -0.3 is 10.2 Å². The highest BCUT2D eigenvalue weighted by Crippen LogP contribution is 2.55. The van der Waals surface area contributed by atoms with Crippen LogP contribution in [0.15, 0.2) is 24.3 Å². The quantitative estimate of drug-likeness (QED) is 0.687. The summed E-state index contributed by atoms with van der Waals surface area (Å²) in [5, 5.41) is 20.3. The summed E-state index contributed by atoms with van der Waals surface area (Å²) in [6, 6.07) is 0. The Bertz CT molecular complexity index is 347. The van der Waals surface area contributed by atoms with Crippen LogP contribution in [-0.2, 0) is 0 Å². The Labute approximate surface area is 104 Å². The molecule has 96 valence electrons. The normalized spacial score (nSPS) is 46.5. The van der Waals surface area contributed by atoms with Crippen LogP contribution >= 0.6 is 0 Å². The van der Waals surface area contributed by atoms with E-state index in [-0.39, 0.29) is 11.3 Å². The molecule has 1 unspecified atom stereocenters. The fourth-order valence-corrected chi connectivity index (χ4v) is 3.91. The molecule has 17 heavy (non-hydrogen) atoms. The molecule has 5 atom stereocenters. The molecular formula is C15H24O2. The number of allylic oxidation sites excluding steroid dienone is 1. The van der Waals surface area contributed by atoms with Crippen LogP contribution in [0.4, 0.5) is 0 Å². The van der Waals surface area contributed by atoms with Gasteiger partial charge in [0, 0.05) is 11.8 Å². The first-order valence-corrected chi connectivity index (χ1v) is 6.58. The molecule has 2 N–H and O–H groups in total. The highest BCUT2D eigenvalue weighted by molar-refractivity contribution is 5.24. The van der Waals surface area contributed by atoms with Crippen LogP contribution in [0, 0.1) is 17.3 Å². The number of fused-ring (bicyclic) bond motifs is 1. The van der Waals surface area contributed by atoms with Crippen molar-refractivity contribution in [2.24, 2.45) is 17.3 Å². The van der Waals surface area contributed by atoms with Crippen molar-refractivity contribution in [2.75, 3.05) is 0 Å². The van der Waals surface area contributed by atoms with Crippen LogP contribution in [0.1, 0.15) is 39.5 Å². The fraction of sp³-hybridized carbons (Fsp3) is 0.733. The minimum Gasteiger partial charge on any atom is -0.392 e. The van der Waals surface area contributed by atoms with E-state index in [9.17, 15) is 10.2 Å². The summed E-state index contributed by atoms with van der Waals surface area (Å²) in [5.41, 5.74) is 1.94. The maximum absolute atomic E-state index is 10.3. The second-order valence-corrected chi connectivity index (χ2v) is 6.17. The van der Waals surface area contributed by atoms with Gasteiger partial charge in [0.1, 0.15) is 0 Å². The molecule has 0 aromatic carbocycles. The third-order valence-corrected chi connectivity index (χ3v) is 5.01. The van der Waals surface area contributed by atoms with Crippen LogP contribution in [-0.4, -0.2) is 22.4 Å². The van der Waals surface area contributed by atoms with Crippen molar-refractivity contribution in [3.05, 3.63) is 24.3 Å². The highest BCUT2D eigenvalue weighted by atomic mass is 16.3. The molecule has 2 rings (SSSR count). The zero-order valence-corrected chi connectivity index (χ0v) is 10.9. The highest BCUT2D eigenvalue weighted by Gasteiger charge is 2.52. The smallest absolute Gasteiger partial charge is 0.0775 e. The van der Waals surface area contributed by atoms with Crippen molar-refractivity contribution in [1.29, 1.82) is 0 Å². The fourth-order valence-electron chi connectivity index (χ4n) is 3.91. The third-order valence-electron chi connectivity index (χ3n) is 5.01. The monoisotopic (exact) mass is 236 g/mol. The van der Waals surface area contributed by atoms with Crippen molar-refractivity contribution < 1.29 is 10.2 Å². The van der Waals surface area contributed by atoms with Crippen LogP contribution in [0.25, 0.3) is 0 Å². The van der Waals surface area contributed by atoms with Crippen molar-refractivity contribution in [3.63, 3.8) is 0 Å².